The van der Waals surface area contributed by atoms with E-state index in [2.05, 4.69) is 120 Å². The lowest BCUT2D eigenvalue weighted by Crippen LogP contribution is -2.11. The van der Waals surface area contributed by atoms with Gasteiger partial charge in [-0.05, 0) is 127 Å². The van der Waals surface area contributed by atoms with E-state index in [0.29, 0.717) is 33.7 Å². The van der Waals surface area contributed by atoms with Crippen molar-refractivity contribution in [3.8, 4) is 67.5 Å². The summed E-state index contributed by atoms with van der Waals surface area (Å²) in [4.78, 5) is 10.4. The first-order valence-corrected chi connectivity index (χ1v) is 21.8. The molecule has 0 amide bonds. The van der Waals surface area contributed by atoms with Gasteiger partial charge in [-0.25, -0.2) is 4.98 Å². The summed E-state index contributed by atoms with van der Waals surface area (Å²) in [6.07, 6.45) is 1.68. The molecular formula is C59H63N3O. The quantitative estimate of drug-likeness (QED) is 0.158. The summed E-state index contributed by atoms with van der Waals surface area (Å²) in [6, 6.07) is 42.4. The van der Waals surface area contributed by atoms with Gasteiger partial charge in [0.25, 0.3) is 0 Å². The molecule has 2 heterocycles. The summed E-state index contributed by atoms with van der Waals surface area (Å²) in [7, 11) is 0. The zero-order valence-corrected chi connectivity index (χ0v) is 37.7. The van der Waals surface area contributed by atoms with E-state index in [9.17, 15) is 5.11 Å². The molecule has 0 aliphatic rings. The maximum absolute atomic E-state index is 12.3. The standard InChI is InChI=1S/C59H63N3O/c1-36(2)41-23-26-53(50(32-41)40-17-14-13-15-18-40)62-54-20-16-19-48(55(54)61-57(62)51-34-43(37(3)4)33-49(38(5)6)56(51)63)44-29-45(31-47(30-44)59(10,11)12)52-35-42(27-28-60-52)39-21-24-46(25-22-39)58(7,8)9/h13-38,63H,1-12H3/i7D3,8D3,9D3,36D. The smallest absolute Gasteiger partial charge is 0.149 e. The van der Waals surface area contributed by atoms with Gasteiger partial charge >= 0.3 is 0 Å². The van der Waals surface area contributed by atoms with Crippen molar-refractivity contribution >= 4 is 11.0 Å². The Labute approximate surface area is 389 Å². The number of aromatic nitrogens is 3. The Kier molecular flexibility index (Phi) is 8.64. The van der Waals surface area contributed by atoms with Crippen LogP contribution in [0.15, 0.2) is 140 Å². The van der Waals surface area contributed by atoms with E-state index in [4.69, 9.17) is 23.7 Å². The SMILES string of the molecule is [2H]C(C)(C)c1ccc(-n2c(-c3cc(C(C)C)cc(C(C)C)c3O)nc3c(-c4cc(-c5cc(-c6ccc(C(C([2H])([2H])[2H])(C([2H])([2H])[2H])C([2H])([2H])[2H])cc6)ccn5)cc(C(C)(C)C)c4)cccc32)c(-c2ccccc2)c1. The monoisotopic (exact) mass is 840 g/mol. The van der Waals surface area contributed by atoms with Crippen molar-refractivity contribution in [3.05, 3.63) is 167 Å². The second-order valence-electron chi connectivity index (χ2n) is 18.7. The second kappa shape index (κ2) is 16.8. The minimum absolute atomic E-state index is 0.0260. The number of rotatable bonds is 9. The van der Waals surface area contributed by atoms with E-state index < -0.39 is 31.9 Å². The molecule has 8 aromatic rings. The molecular weight excluding hydrogens is 767 g/mol. The number of phenolic OH excluding ortho intramolecular Hbond substituents is 1. The minimum atomic E-state index is -3.37. The van der Waals surface area contributed by atoms with Crippen LogP contribution in [0.2, 0.25) is 0 Å². The molecule has 0 saturated heterocycles. The fraction of sp³-hybridized carbons (Fsp3) is 0.288. The molecule has 0 radical (unpaired) electrons. The highest BCUT2D eigenvalue weighted by molar-refractivity contribution is 5.98. The molecule has 0 fully saturated rings. The Bertz CT molecular complexity index is 3300. The normalized spacial score (nSPS) is 15.4. The molecule has 0 aliphatic carbocycles. The van der Waals surface area contributed by atoms with Crippen molar-refractivity contribution in [2.45, 2.75) is 111 Å². The van der Waals surface area contributed by atoms with Crippen LogP contribution >= 0.6 is 0 Å². The Balaban J connectivity index is 1.36. The Morgan fingerprint density at radius 2 is 1.29 bits per heavy atom. The summed E-state index contributed by atoms with van der Waals surface area (Å²) in [5.41, 5.74) is 9.41. The lowest BCUT2D eigenvalue weighted by molar-refractivity contribution is 0.466. The predicted molar refractivity (Wildman–Crippen MR) is 267 cm³/mol. The molecule has 6 aromatic carbocycles. The van der Waals surface area contributed by atoms with Crippen LogP contribution in [0.4, 0.5) is 0 Å². The van der Waals surface area contributed by atoms with E-state index in [0.717, 1.165) is 61.3 Å². The van der Waals surface area contributed by atoms with Crippen molar-refractivity contribution in [1.82, 2.24) is 14.5 Å². The molecule has 1 N–H and O–H groups in total. The highest BCUT2D eigenvalue weighted by Gasteiger charge is 2.26. The first kappa shape index (κ1) is 32.4. The zero-order valence-electron chi connectivity index (χ0n) is 47.7. The van der Waals surface area contributed by atoms with E-state index in [1.807, 2.05) is 50.2 Å². The van der Waals surface area contributed by atoms with Crippen LogP contribution in [0, 0.1) is 0 Å². The maximum atomic E-state index is 12.3. The Hall–Kier alpha value is -6.26. The molecule has 2 aromatic heterocycles. The van der Waals surface area contributed by atoms with Gasteiger partial charge in [-0.2, -0.15) is 0 Å². The third-order valence-corrected chi connectivity index (χ3v) is 12.1. The summed E-state index contributed by atoms with van der Waals surface area (Å²) < 4.78 is 85.0. The minimum Gasteiger partial charge on any atom is -0.507 e. The number of pyridine rings is 1. The highest BCUT2D eigenvalue weighted by atomic mass is 16.3. The van der Waals surface area contributed by atoms with Gasteiger partial charge < -0.3 is 5.11 Å². The summed E-state index contributed by atoms with van der Waals surface area (Å²) in [5.74, 6) is 0.0552. The van der Waals surface area contributed by atoms with Gasteiger partial charge in [-0.3, -0.25) is 9.55 Å². The molecule has 63 heavy (non-hydrogen) atoms. The maximum Gasteiger partial charge on any atom is 0.149 e. The first-order valence-electron chi connectivity index (χ1n) is 26.8. The van der Waals surface area contributed by atoms with Gasteiger partial charge in [0.15, 0.2) is 0 Å². The third-order valence-electron chi connectivity index (χ3n) is 12.1. The summed E-state index contributed by atoms with van der Waals surface area (Å²) in [5, 5.41) is 12.3. The third kappa shape index (κ3) is 8.61. The fourth-order valence-corrected chi connectivity index (χ4v) is 8.32. The van der Waals surface area contributed by atoms with Crippen molar-refractivity contribution in [3.63, 3.8) is 0 Å². The van der Waals surface area contributed by atoms with Crippen LogP contribution in [0.25, 0.3) is 72.7 Å². The van der Waals surface area contributed by atoms with Gasteiger partial charge in [0.1, 0.15) is 11.6 Å². The van der Waals surface area contributed by atoms with Crippen LogP contribution in [0.3, 0.4) is 0 Å². The largest absolute Gasteiger partial charge is 0.507 e. The summed E-state index contributed by atoms with van der Waals surface area (Å²) >= 11 is 0. The molecule has 0 spiro atoms. The number of para-hydroxylation sites is 1. The molecule has 0 unspecified atom stereocenters. The lowest BCUT2D eigenvalue weighted by Gasteiger charge is -2.22. The van der Waals surface area contributed by atoms with Gasteiger partial charge in [-0.1, -0.05) is 168 Å². The van der Waals surface area contributed by atoms with Crippen LogP contribution in [-0.2, 0) is 10.8 Å². The number of fused-ring (bicyclic) bond motifs is 1. The molecule has 4 nitrogen and oxygen atoms in total. The molecule has 0 saturated carbocycles. The van der Waals surface area contributed by atoms with Gasteiger partial charge in [0.05, 0.1) is 28.0 Å². The van der Waals surface area contributed by atoms with E-state index >= 15 is 0 Å². The lowest BCUT2D eigenvalue weighted by atomic mass is 9.83. The van der Waals surface area contributed by atoms with E-state index in [1.165, 1.54) is 12.1 Å². The molecule has 320 valence electrons. The second-order valence-corrected chi connectivity index (χ2v) is 18.7. The Morgan fingerprint density at radius 1 is 0.571 bits per heavy atom. The topological polar surface area (TPSA) is 50.9 Å². The number of aromatic hydroxyl groups is 1. The van der Waals surface area contributed by atoms with E-state index in [1.54, 1.807) is 24.4 Å². The van der Waals surface area contributed by atoms with Crippen LogP contribution < -0.4 is 0 Å². The van der Waals surface area contributed by atoms with Crippen molar-refractivity contribution in [2.75, 3.05) is 0 Å². The predicted octanol–water partition coefficient (Wildman–Crippen LogP) is 16.4. The Morgan fingerprint density at radius 3 is 1.95 bits per heavy atom. The number of hydrogen-bond acceptors (Lipinski definition) is 3. The van der Waals surface area contributed by atoms with E-state index in [-0.39, 0.29) is 28.6 Å². The van der Waals surface area contributed by atoms with Gasteiger partial charge in [0.2, 0.25) is 0 Å². The molecule has 4 heteroatoms. The molecule has 0 aliphatic heterocycles. The number of imidazole rings is 1. The van der Waals surface area contributed by atoms with Gasteiger partial charge in [-0.15, -0.1) is 0 Å². The van der Waals surface area contributed by atoms with Crippen molar-refractivity contribution in [2.24, 2.45) is 0 Å². The first-order chi connectivity index (χ1) is 33.9. The van der Waals surface area contributed by atoms with Crippen molar-refractivity contribution in [1.29, 1.82) is 0 Å². The number of benzene rings is 6. The molecule has 0 atom stereocenters. The number of nitrogens with zero attached hydrogens (tertiary/aromatic N) is 3. The molecule has 0 bridgehead atoms. The average Bonchev–Trinajstić information content (AvgIpc) is 3.69. The molecule has 8 rings (SSSR count). The van der Waals surface area contributed by atoms with Crippen LogP contribution in [-0.4, -0.2) is 19.6 Å². The van der Waals surface area contributed by atoms with Gasteiger partial charge in [0, 0.05) is 36.6 Å². The van der Waals surface area contributed by atoms with Crippen molar-refractivity contribution < 1.29 is 18.8 Å². The fourth-order valence-electron chi connectivity index (χ4n) is 8.32. The number of phenols is 1. The zero-order chi connectivity index (χ0) is 53.4. The number of hydrogen-bond donors (Lipinski definition) is 1. The van der Waals surface area contributed by atoms with Crippen LogP contribution in [0.5, 0.6) is 5.75 Å². The van der Waals surface area contributed by atoms with Crippen LogP contribution in [0.1, 0.15) is 142 Å². The summed E-state index contributed by atoms with van der Waals surface area (Å²) in [6.45, 7) is 8.55. The average molecular weight is 840 g/mol. The highest BCUT2D eigenvalue weighted by Crippen LogP contribution is 2.45.